The lowest BCUT2D eigenvalue weighted by Gasteiger charge is -2.02. The Hall–Kier alpha value is -2.30. The van der Waals surface area contributed by atoms with Crippen LogP contribution in [0.15, 0.2) is 30.3 Å². The maximum Gasteiger partial charge on any atom is 0.305 e. The largest absolute Gasteiger partial charge is 0.497 e. The van der Waals surface area contributed by atoms with Gasteiger partial charge in [-0.3, -0.25) is 9.59 Å². The van der Waals surface area contributed by atoms with Crippen LogP contribution in [0.2, 0.25) is 0 Å². The zero-order valence-corrected chi connectivity index (χ0v) is 11.7. The Kier molecular flexibility index (Phi) is 6.89. The molecule has 5 nitrogen and oxygen atoms in total. The van der Waals surface area contributed by atoms with Crippen LogP contribution in [0.5, 0.6) is 5.75 Å². The van der Waals surface area contributed by atoms with E-state index in [2.05, 4.69) is 10.1 Å². The fraction of sp³-hybridized carbons (Fsp3) is 0.333. The van der Waals surface area contributed by atoms with Crippen molar-refractivity contribution in [3.05, 3.63) is 35.9 Å². The maximum absolute atomic E-state index is 11.5. The van der Waals surface area contributed by atoms with Crippen molar-refractivity contribution in [2.24, 2.45) is 0 Å². The molecule has 0 atom stereocenters. The van der Waals surface area contributed by atoms with E-state index in [1.54, 1.807) is 13.2 Å². The van der Waals surface area contributed by atoms with Crippen molar-refractivity contribution in [3.8, 4) is 5.75 Å². The van der Waals surface area contributed by atoms with Crippen LogP contribution in [0.4, 0.5) is 0 Å². The molecule has 0 aliphatic rings. The van der Waals surface area contributed by atoms with Gasteiger partial charge in [-0.05, 0) is 30.2 Å². The third kappa shape index (κ3) is 6.04. The van der Waals surface area contributed by atoms with Gasteiger partial charge in [0.15, 0.2) is 0 Å². The van der Waals surface area contributed by atoms with Crippen LogP contribution in [0.25, 0.3) is 6.08 Å². The summed E-state index contributed by atoms with van der Waals surface area (Å²) in [6.45, 7) is 0.441. The summed E-state index contributed by atoms with van der Waals surface area (Å²) in [5, 5.41) is 2.70. The summed E-state index contributed by atoms with van der Waals surface area (Å²) < 4.78 is 9.60. The van der Waals surface area contributed by atoms with Crippen molar-refractivity contribution in [1.82, 2.24) is 5.32 Å². The second-order valence-electron chi connectivity index (χ2n) is 4.08. The lowest BCUT2D eigenvalue weighted by atomic mass is 10.2. The second kappa shape index (κ2) is 8.74. The molecular weight excluding hydrogens is 258 g/mol. The van der Waals surface area contributed by atoms with Gasteiger partial charge >= 0.3 is 5.97 Å². The zero-order valence-electron chi connectivity index (χ0n) is 11.7. The van der Waals surface area contributed by atoms with Gasteiger partial charge in [0.2, 0.25) is 5.91 Å². The summed E-state index contributed by atoms with van der Waals surface area (Å²) in [6, 6.07) is 7.40. The van der Waals surface area contributed by atoms with E-state index in [9.17, 15) is 9.59 Å². The third-order valence-electron chi connectivity index (χ3n) is 2.61. The smallest absolute Gasteiger partial charge is 0.305 e. The Morgan fingerprint density at radius 3 is 2.80 bits per heavy atom. The number of methoxy groups -OCH3 is 2. The molecule has 0 aliphatic heterocycles. The van der Waals surface area contributed by atoms with Crippen LogP contribution in [-0.4, -0.2) is 32.6 Å². The number of rotatable bonds is 7. The molecule has 1 rings (SSSR count). The minimum atomic E-state index is -0.272. The van der Waals surface area contributed by atoms with Gasteiger partial charge in [0.1, 0.15) is 5.75 Å². The van der Waals surface area contributed by atoms with E-state index in [0.29, 0.717) is 19.4 Å². The SMILES string of the molecule is COC(=O)CCCNC(=O)/C=C/c1cccc(OC)c1. The molecule has 0 heterocycles. The quantitative estimate of drug-likeness (QED) is 0.469. The van der Waals surface area contributed by atoms with Gasteiger partial charge in [0.25, 0.3) is 0 Å². The van der Waals surface area contributed by atoms with Gasteiger partial charge < -0.3 is 14.8 Å². The average Bonchev–Trinajstić information content (AvgIpc) is 2.49. The van der Waals surface area contributed by atoms with Gasteiger partial charge in [-0.15, -0.1) is 0 Å². The number of ether oxygens (including phenoxy) is 2. The first kappa shape index (κ1) is 15.8. The van der Waals surface area contributed by atoms with Crippen LogP contribution in [-0.2, 0) is 14.3 Å². The lowest BCUT2D eigenvalue weighted by Crippen LogP contribution is -2.22. The molecule has 0 radical (unpaired) electrons. The number of esters is 1. The normalized spacial score (nSPS) is 10.3. The number of hydrogen-bond donors (Lipinski definition) is 1. The summed E-state index contributed by atoms with van der Waals surface area (Å²) in [4.78, 5) is 22.4. The third-order valence-corrected chi connectivity index (χ3v) is 2.61. The fourth-order valence-electron chi connectivity index (χ4n) is 1.52. The first-order valence-electron chi connectivity index (χ1n) is 6.32. The van der Waals surface area contributed by atoms with E-state index in [-0.39, 0.29) is 11.9 Å². The van der Waals surface area contributed by atoms with E-state index in [1.807, 2.05) is 24.3 Å². The highest BCUT2D eigenvalue weighted by Gasteiger charge is 2.00. The summed E-state index contributed by atoms with van der Waals surface area (Å²) in [7, 11) is 2.94. The number of benzene rings is 1. The summed E-state index contributed by atoms with van der Waals surface area (Å²) >= 11 is 0. The highest BCUT2D eigenvalue weighted by Crippen LogP contribution is 2.13. The second-order valence-corrected chi connectivity index (χ2v) is 4.08. The predicted molar refractivity (Wildman–Crippen MR) is 76.3 cm³/mol. The van der Waals surface area contributed by atoms with E-state index in [1.165, 1.54) is 13.2 Å². The van der Waals surface area contributed by atoms with E-state index in [0.717, 1.165) is 11.3 Å². The van der Waals surface area contributed by atoms with Crippen molar-refractivity contribution >= 4 is 18.0 Å². The molecule has 0 spiro atoms. The molecule has 0 bridgehead atoms. The van der Waals surface area contributed by atoms with Crippen LogP contribution in [0.1, 0.15) is 18.4 Å². The van der Waals surface area contributed by atoms with Crippen LogP contribution in [0.3, 0.4) is 0 Å². The van der Waals surface area contributed by atoms with Crippen molar-refractivity contribution < 1.29 is 19.1 Å². The first-order chi connectivity index (χ1) is 9.65. The molecule has 5 heteroatoms. The molecule has 1 aromatic carbocycles. The van der Waals surface area contributed by atoms with Crippen molar-refractivity contribution in [3.63, 3.8) is 0 Å². The summed E-state index contributed by atoms with van der Waals surface area (Å²) in [6.07, 6.45) is 4.02. The van der Waals surface area contributed by atoms with Crippen molar-refractivity contribution in [1.29, 1.82) is 0 Å². The molecule has 0 aliphatic carbocycles. The van der Waals surface area contributed by atoms with Crippen LogP contribution >= 0.6 is 0 Å². The Morgan fingerprint density at radius 2 is 2.10 bits per heavy atom. The topological polar surface area (TPSA) is 64.6 Å². The Morgan fingerprint density at radius 1 is 1.30 bits per heavy atom. The minimum absolute atomic E-state index is 0.197. The van der Waals surface area contributed by atoms with Gasteiger partial charge in [-0.1, -0.05) is 12.1 Å². The molecule has 1 aromatic rings. The Labute approximate surface area is 118 Å². The molecule has 0 fully saturated rings. The molecule has 108 valence electrons. The van der Waals surface area contributed by atoms with E-state index < -0.39 is 0 Å². The van der Waals surface area contributed by atoms with Crippen molar-refractivity contribution in [2.45, 2.75) is 12.8 Å². The van der Waals surface area contributed by atoms with E-state index in [4.69, 9.17) is 4.74 Å². The number of carbonyl (C=O) groups is 2. The summed E-state index contributed by atoms with van der Waals surface area (Å²) in [5.74, 6) is 0.273. The monoisotopic (exact) mass is 277 g/mol. The molecule has 0 aromatic heterocycles. The first-order valence-corrected chi connectivity index (χ1v) is 6.32. The molecule has 0 unspecified atom stereocenters. The van der Waals surface area contributed by atoms with Gasteiger partial charge in [-0.25, -0.2) is 0 Å². The summed E-state index contributed by atoms with van der Waals surface area (Å²) in [5.41, 5.74) is 0.883. The van der Waals surface area contributed by atoms with Crippen molar-refractivity contribution in [2.75, 3.05) is 20.8 Å². The molecule has 20 heavy (non-hydrogen) atoms. The minimum Gasteiger partial charge on any atom is -0.497 e. The molecule has 1 N–H and O–H groups in total. The Balaban J connectivity index is 2.34. The lowest BCUT2D eigenvalue weighted by molar-refractivity contribution is -0.140. The van der Waals surface area contributed by atoms with Gasteiger partial charge in [0, 0.05) is 19.0 Å². The number of hydrogen-bond acceptors (Lipinski definition) is 4. The number of nitrogens with one attached hydrogen (secondary N) is 1. The Bertz CT molecular complexity index is 483. The standard InChI is InChI=1S/C15H19NO4/c1-19-13-6-3-5-12(11-13)8-9-14(17)16-10-4-7-15(18)20-2/h3,5-6,8-9,11H,4,7,10H2,1-2H3,(H,16,17)/b9-8+. The maximum atomic E-state index is 11.5. The number of carbonyl (C=O) groups excluding carboxylic acids is 2. The van der Waals surface area contributed by atoms with Gasteiger partial charge in [-0.2, -0.15) is 0 Å². The van der Waals surface area contributed by atoms with Gasteiger partial charge in [0.05, 0.1) is 14.2 Å². The molecule has 1 amide bonds. The predicted octanol–water partition coefficient (Wildman–Crippen LogP) is 1.78. The number of amides is 1. The molecular formula is C15H19NO4. The van der Waals surface area contributed by atoms with E-state index >= 15 is 0 Å². The van der Waals surface area contributed by atoms with Crippen LogP contribution < -0.4 is 10.1 Å². The average molecular weight is 277 g/mol. The highest BCUT2D eigenvalue weighted by molar-refractivity contribution is 5.91. The van der Waals surface area contributed by atoms with Crippen LogP contribution in [0, 0.1) is 0 Å². The fourth-order valence-corrected chi connectivity index (χ4v) is 1.52. The zero-order chi connectivity index (χ0) is 14.8. The molecule has 0 saturated heterocycles. The molecule has 0 saturated carbocycles. The highest BCUT2D eigenvalue weighted by atomic mass is 16.5.